The summed E-state index contributed by atoms with van der Waals surface area (Å²) < 4.78 is 5.77. The van der Waals surface area contributed by atoms with Crippen molar-refractivity contribution in [3.8, 4) is 0 Å². The standard InChI is InChI=1S/C12H17Cl2N3O/c13-9-7-11(14)12(17-8-9)16-5-6-18-10-1-3-15-4-2-10/h7-8,10,15H,1-6H2,(H,16,17). The van der Waals surface area contributed by atoms with Crippen LogP contribution < -0.4 is 10.6 Å². The molecule has 2 rings (SSSR count). The number of nitrogens with zero attached hydrogens (tertiary/aromatic N) is 1. The van der Waals surface area contributed by atoms with E-state index in [9.17, 15) is 0 Å². The van der Waals surface area contributed by atoms with Crippen molar-refractivity contribution in [3.63, 3.8) is 0 Å². The van der Waals surface area contributed by atoms with Crippen molar-refractivity contribution in [2.24, 2.45) is 0 Å². The molecule has 4 nitrogen and oxygen atoms in total. The van der Waals surface area contributed by atoms with E-state index in [2.05, 4.69) is 15.6 Å². The second-order valence-corrected chi connectivity index (χ2v) is 5.07. The number of anilines is 1. The summed E-state index contributed by atoms with van der Waals surface area (Å²) in [6, 6.07) is 1.67. The van der Waals surface area contributed by atoms with Crippen LogP contribution in [0.25, 0.3) is 0 Å². The molecule has 1 saturated heterocycles. The molecule has 0 saturated carbocycles. The number of piperidine rings is 1. The molecule has 2 heterocycles. The molecule has 0 radical (unpaired) electrons. The van der Waals surface area contributed by atoms with Crippen LogP contribution in [0.15, 0.2) is 12.3 Å². The maximum Gasteiger partial charge on any atom is 0.144 e. The van der Waals surface area contributed by atoms with Gasteiger partial charge in [-0.1, -0.05) is 23.2 Å². The highest BCUT2D eigenvalue weighted by molar-refractivity contribution is 6.35. The second-order valence-electron chi connectivity index (χ2n) is 4.23. The summed E-state index contributed by atoms with van der Waals surface area (Å²) in [6.45, 7) is 3.44. The number of nitrogens with one attached hydrogen (secondary N) is 2. The van der Waals surface area contributed by atoms with Gasteiger partial charge in [0.25, 0.3) is 0 Å². The highest BCUT2D eigenvalue weighted by Crippen LogP contribution is 2.22. The predicted molar refractivity (Wildman–Crippen MR) is 74.6 cm³/mol. The van der Waals surface area contributed by atoms with Crippen molar-refractivity contribution in [3.05, 3.63) is 22.3 Å². The third-order valence-electron chi connectivity index (χ3n) is 2.84. The SMILES string of the molecule is Clc1cnc(NCCOC2CCNCC2)c(Cl)c1. The molecular weight excluding hydrogens is 273 g/mol. The lowest BCUT2D eigenvalue weighted by atomic mass is 10.1. The van der Waals surface area contributed by atoms with E-state index < -0.39 is 0 Å². The van der Waals surface area contributed by atoms with Gasteiger partial charge in [0.2, 0.25) is 0 Å². The van der Waals surface area contributed by atoms with E-state index in [-0.39, 0.29) is 0 Å². The second kappa shape index (κ2) is 7.14. The van der Waals surface area contributed by atoms with Crippen molar-refractivity contribution in [2.45, 2.75) is 18.9 Å². The van der Waals surface area contributed by atoms with E-state index >= 15 is 0 Å². The maximum absolute atomic E-state index is 6.00. The van der Waals surface area contributed by atoms with E-state index in [1.165, 1.54) is 0 Å². The van der Waals surface area contributed by atoms with Gasteiger partial charge in [0.15, 0.2) is 0 Å². The Morgan fingerprint density at radius 1 is 1.39 bits per heavy atom. The average Bonchev–Trinajstić information content (AvgIpc) is 2.38. The molecule has 0 amide bonds. The van der Waals surface area contributed by atoms with Crippen molar-refractivity contribution < 1.29 is 4.74 Å². The highest BCUT2D eigenvalue weighted by Gasteiger charge is 2.12. The summed E-state index contributed by atoms with van der Waals surface area (Å²) in [5.41, 5.74) is 0. The first-order valence-electron chi connectivity index (χ1n) is 6.13. The molecule has 1 aromatic heterocycles. The molecule has 18 heavy (non-hydrogen) atoms. The summed E-state index contributed by atoms with van der Waals surface area (Å²) in [7, 11) is 0. The van der Waals surface area contributed by atoms with E-state index in [1.54, 1.807) is 12.3 Å². The lowest BCUT2D eigenvalue weighted by molar-refractivity contribution is 0.0394. The van der Waals surface area contributed by atoms with E-state index in [0.717, 1.165) is 25.9 Å². The van der Waals surface area contributed by atoms with E-state index in [4.69, 9.17) is 27.9 Å². The Morgan fingerprint density at radius 2 is 2.17 bits per heavy atom. The summed E-state index contributed by atoms with van der Waals surface area (Å²) in [5, 5.41) is 7.52. The fraction of sp³-hybridized carbons (Fsp3) is 0.583. The Kier molecular flexibility index (Phi) is 5.50. The molecule has 0 aromatic carbocycles. The van der Waals surface area contributed by atoms with Gasteiger partial charge >= 0.3 is 0 Å². The third-order valence-corrected chi connectivity index (χ3v) is 3.34. The van der Waals surface area contributed by atoms with Crippen molar-refractivity contribution in [1.29, 1.82) is 0 Å². The van der Waals surface area contributed by atoms with Crippen LogP contribution in [0.4, 0.5) is 5.82 Å². The van der Waals surface area contributed by atoms with Crippen molar-refractivity contribution in [2.75, 3.05) is 31.6 Å². The van der Waals surface area contributed by atoms with Crippen LogP contribution in [-0.2, 0) is 4.74 Å². The Labute approximate surface area is 117 Å². The molecule has 6 heteroatoms. The first kappa shape index (κ1) is 13.9. The number of aromatic nitrogens is 1. The lowest BCUT2D eigenvalue weighted by Crippen LogP contribution is -2.33. The molecule has 1 fully saturated rings. The largest absolute Gasteiger partial charge is 0.376 e. The third kappa shape index (κ3) is 4.28. The molecule has 0 aliphatic carbocycles. The molecule has 0 unspecified atom stereocenters. The summed E-state index contributed by atoms with van der Waals surface area (Å²) >= 11 is 11.8. The predicted octanol–water partition coefficient (Wildman–Crippen LogP) is 2.57. The summed E-state index contributed by atoms with van der Waals surface area (Å²) in [6.07, 6.45) is 4.12. The van der Waals surface area contributed by atoms with Gasteiger partial charge in [-0.15, -0.1) is 0 Å². The highest BCUT2D eigenvalue weighted by atomic mass is 35.5. The van der Waals surface area contributed by atoms with Crippen molar-refractivity contribution >= 4 is 29.0 Å². The lowest BCUT2D eigenvalue weighted by Gasteiger charge is -2.23. The quantitative estimate of drug-likeness (QED) is 0.818. The number of ether oxygens (including phenoxy) is 1. The van der Waals surface area contributed by atoms with E-state index in [1.807, 2.05) is 0 Å². The number of hydrogen-bond acceptors (Lipinski definition) is 4. The van der Waals surface area contributed by atoms with Gasteiger partial charge < -0.3 is 15.4 Å². The molecular formula is C12H17Cl2N3O. The number of rotatable bonds is 5. The molecule has 0 spiro atoms. The topological polar surface area (TPSA) is 46.2 Å². The van der Waals surface area contributed by atoms with Crippen molar-refractivity contribution in [1.82, 2.24) is 10.3 Å². The van der Waals surface area contributed by atoms with Gasteiger partial charge in [0.1, 0.15) is 5.82 Å². The summed E-state index contributed by atoms with van der Waals surface area (Å²) in [5.74, 6) is 0.648. The van der Waals surface area contributed by atoms with Crippen LogP contribution in [-0.4, -0.2) is 37.3 Å². The minimum absolute atomic E-state index is 0.377. The first-order chi connectivity index (χ1) is 8.75. The summed E-state index contributed by atoms with van der Waals surface area (Å²) in [4.78, 5) is 4.12. The normalized spacial score (nSPS) is 16.8. The first-order valence-corrected chi connectivity index (χ1v) is 6.88. The van der Waals surface area contributed by atoms with Crippen LogP contribution in [0, 0.1) is 0 Å². The number of hydrogen-bond donors (Lipinski definition) is 2. The van der Waals surface area contributed by atoms with E-state index in [0.29, 0.717) is 35.1 Å². The zero-order chi connectivity index (χ0) is 12.8. The number of halogens is 2. The van der Waals surface area contributed by atoms with Crippen LogP contribution in [0.3, 0.4) is 0 Å². The molecule has 1 aliphatic rings. The Morgan fingerprint density at radius 3 is 2.89 bits per heavy atom. The molecule has 0 bridgehead atoms. The minimum atomic E-state index is 0.377. The molecule has 100 valence electrons. The fourth-order valence-corrected chi connectivity index (χ4v) is 2.35. The van der Waals surface area contributed by atoms with Gasteiger partial charge in [-0.2, -0.15) is 0 Å². The van der Waals surface area contributed by atoms with Gasteiger partial charge in [-0.25, -0.2) is 4.98 Å². The Bertz CT molecular complexity index is 384. The monoisotopic (exact) mass is 289 g/mol. The Balaban J connectivity index is 1.68. The number of pyridine rings is 1. The molecule has 0 atom stereocenters. The van der Waals surface area contributed by atoms with Crippen LogP contribution in [0.2, 0.25) is 10.0 Å². The van der Waals surface area contributed by atoms with Crippen LogP contribution in [0.1, 0.15) is 12.8 Å². The van der Waals surface area contributed by atoms with Gasteiger partial charge in [0, 0.05) is 12.7 Å². The Hall–Kier alpha value is -0.550. The van der Waals surface area contributed by atoms with Gasteiger partial charge in [0.05, 0.1) is 22.8 Å². The molecule has 2 N–H and O–H groups in total. The molecule has 1 aromatic rings. The van der Waals surface area contributed by atoms with Gasteiger partial charge in [-0.3, -0.25) is 0 Å². The fourth-order valence-electron chi connectivity index (χ4n) is 1.90. The average molecular weight is 290 g/mol. The zero-order valence-electron chi connectivity index (χ0n) is 10.1. The zero-order valence-corrected chi connectivity index (χ0v) is 11.6. The van der Waals surface area contributed by atoms with Crippen LogP contribution >= 0.6 is 23.2 Å². The molecule has 1 aliphatic heterocycles. The minimum Gasteiger partial charge on any atom is -0.376 e. The maximum atomic E-state index is 6.00. The van der Waals surface area contributed by atoms with Gasteiger partial charge in [-0.05, 0) is 32.0 Å². The van der Waals surface area contributed by atoms with Crippen LogP contribution in [0.5, 0.6) is 0 Å². The smallest absolute Gasteiger partial charge is 0.144 e.